The average Bonchev–Trinajstić information content (AvgIpc) is 3.56. The van der Waals surface area contributed by atoms with E-state index in [9.17, 15) is 14.0 Å². The fourth-order valence-corrected chi connectivity index (χ4v) is 6.06. The summed E-state index contributed by atoms with van der Waals surface area (Å²) in [5.41, 5.74) is 5.74. The molecule has 40 heavy (non-hydrogen) atoms. The third-order valence-electron chi connectivity index (χ3n) is 7.12. The molecule has 2 heterocycles. The van der Waals surface area contributed by atoms with Crippen LogP contribution < -0.4 is 10.2 Å². The average molecular weight is 548 g/mol. The van der Waals surface area contributed by atoms with Gasteiger partial charge in [0.2, 0.25) is 5.91 Å². The number of hydrogen-bond donors (Lipinski definition) is 1. The molecule has 1 aliphatic rings. The number of thiazole rings is 1. The molecule has 6 rings (SSSR count). The lowest BCUT2D eigenvalue weighted by Crippen LogP contribution is -2.28. The maximum Gasteiger partial charge on any atom is 0.258 e. The summed E-state index contributed by atoms with van der Waals surface area (Å²) in [6, 6.07) is 31.2. The summed E-state index contributed by atoms with van der Waals surface area (Å²) >= 11 is 1.44. The van der Waals surface area contributed by atoms with Crippen LogP contribution in [-0.4, -0.2) is 23.3 Å². The maximum atomic E-state index is 13.7. The summed E-state index contributed by atoms with van der Waals surface area (Å²) < 4.78 is 13.7. The molecule has 0 fully saturated rings. The van der Waals surface area contributed by atoms with Crippen LogP contribution in [-0.2, 0) is 11.2 Å². The van der Waals surface area contributed by atoms with Crippen LogP contribution in [0.25, 0.3) is 11.3 Å². The lowest BCUT2D eigenvalue weighted by molar-refractivity contribution is -0.116. The van der Waals surface area contributed by atoms with E-state index in [2.05, 4.69) is 11.4 Å². The van der Waals surface area contributed by atoms with E-state index < -0.39 is 11.7 Å². The number of hydrogen-bond acceptors (Lipinski definition) is 4. The molecule has 1 N–H and O–H groups in total. The van der Waals surface area contributed by atoms with E-state index in [1.807, 2.05) is 79.7 Å². The number of amides is 2. The Balaban J connectivity index is 1.24. The number of aromatic nitrogens is 1. The number of nitrogens with one attached hydrogen (secondary N) is 1. The largest absolute Gasteiger partial charge is 0.308 e. The van der Waals surface area contributed by atoms with Crippen LogP contribution in [0.2, 0.25) is 0 Å². The maximum absolute atomic E-state index is 13.7. The van der Waals surface area contributed by atoms with E-state index in [1.54, 1.807) is 17.0 Å². The fourth-order valence-electron chi connectivity index (χ4n) is 5.22. The van der Waals surface area contributed by atoms with Gasteiger partial charge in [0.05, 0.1) is 11.6 Å². The molecule has 2 amide bonds. The smallest absolute Gasteiger partial charge is 0.258 e. The zero-order valence-corrected chi connectivity index (χ0v) is 22.6. The first-order chi connectivity index (χ1) is 19.5. The molecular weight excluding hydrogens is 521 g/mol. The first-order valence-corrected chi connectivity index (χ1v) is 13.9. The van der Waals surface area contributed by atoms with Crippen molar-refractivity contribution in [1.82, 2.24) is 4.98 Å². The number of halogens is 1. The Labute approximate surface area is 236 Å². The summed E-state index contributed by atoms with van der Waals surface area (Å²) in [7, 11) is 0. The van der Waals surface area contributed by atoms with Gasteiger partial charge >= 0.3 is 0 Å². The highest BCUT2D eigenvalue weighted by Crippen LogP contribution is 2.37. The molecule has 0 aliphatic carbocycles. The Hall–Kier alpha value is -4.62. The first-order valence-electron chi connectivity index (χ1n) is 13.1. The number of benzene rings is 4. The number of nitrogens with zero attached hydrogens (tertiary/aromatic N) is 2. The van der Waals surface area contributed by atoms with Crippen molar-refractivity contribution in [3.8, 4) is 11.3 Å². The van der Waals surface area contributed by atoms with E-state index >= 15 is 0 Å². The Kier molecular flexibility index (Phi) is 6.97. The summed E-state index contributed by atoms with van der Waals surface area (Å²) in [5, 5.41) is 3.59. The van der Waals surface area contributed by atoms with Crippen molar-refractivity contribution in [3.05, 3.63) is 136 Å². The van der Waals surface area contributed by atoms with Gasteiger partial charge in [0.15, 0.2) is 5.13 Å². The highest BCUT2D eigenvalue weighted by atomic mass is 32.1. The van der Waals surface area contributed by atoms with Crippen LogP contribution in [0.5, 0.6) is 0 Å². The number of aryl methyl sites for hydroxylation is 1. The van der Waals surface area contributed by atoms with Crippen molar-refractivity contribution >= 4 is 34.0 Å². The fraction of sp³-hybridized carbons (Fsp3) is 0.121. The van der Waals surface area contributed by atoms with E-state index in [-0.39, 0.29) is 11.8 Å². The molecular formula is C33H26FN3O2S. The summed E-state index contributed by atoms with van der Waals surface area (Å²) in [6.07, 6.45) is 0.701. The molecule has 0 spiro atoms. The number of carbonyl (C=O) groups excluding carboxylic acids is 2. The summed E-state index contributed by atoms with van der Waals surface area (Å²) in [4.78, 5) is 34.1. The second-order valence-corrected chi connectivity index (χ2v) is 10.9. The third kappa shape index (κ3) is 5.03. The SMILES string of the molecule is Cc1sc(NC(=O)C(c2ccccc2)c2ccccc2)nc1-c1ccc2c(c1)CCN2C(=O)c1cccc(F)c1. The molecule has 5 nitrogen and oxygen atoms in total. The van der Waals surface area contributed by atoms with Crippen LogP contribution in [0.4, 0.5) is 15.2 Å². The second kappa shape index (κ2) is 10.9. The molecule has 4 aromatic carbocycles. The molecule has 0 saturated heterocycles. The van der Waals surface area contributed by atoms with Crippen molar-refractivity contribution in [2.45, 2.75) is 19.3 Å². The Morgan fingerprint density at radius 3 is 2.27 bits per heavy atom. The van der Waals surface area contributed by atoms with Crippen LogP contribution >= 0.6 is 11.3 Å². The standard InChI is InChI=1S/C33H26FN3O2S/c1-21-30(25-15-16-28-24(19-25)17-18-37(28)32(39)26-13-8-14-27(34)20-26)35-33(40-21)36-31(38)29(22-9-4-2-5-10-22)23-11-6-3-7-12-23/h2-16,19-20,29H,17-18H2,1H3,(H,35,36,38). The molecule has 0 saturated carbocycles. The van der Waals surface area contributed by atoms with Crippen molar-refractivity contribution < 1.29 is 14.0 Å². The molecule has 1 aromatic heterocycles. The minimum Gasteiger partial charge on any atom is -0.308 e. The second-order valence-electron chi connectivity index (χ2n) is 9.73. The van der Waals surface area contributed by atoms with E-state index in [0.29, 0.717) is 23.7 Å². The molecule has 0 unspecified atom stereocenters. The van der Waals surface area contributed by atoms with Crippen LogP contribution in [0.3, 0.4) is 0 Å². The molecule has 198 valence electrons. The van der Waals surface area contributed by atoms with Crippen molar-refractivity contribution in [2.24, 2.45) is 0 Å². The predicted octanol–water partition coefficient (Wildman–Crippen LogP) is 7.23. The molecule has 0 bridgehead atoms. The van der Waals surface area contributed by atoms with Gasteiger partial charge in [-0.25, -0.2) is 9.37 Å². The molecule has 1 aliphatic heterocycles. The quantitative estimate of drug-likeness (QED) is 0.244. The van der Waals surface area contributed by atoms with Crippen LogP contribution in [0, 0.1) is 12.7 Å². The van der Waals surface area contributed by atoms with Crippen molar-refractivity contribution in [3.63, 3.8) is 0 Å². The Morgan fingerprint density at radius 2 is 1.60 bits per heavy atom. The first kappa shape index (κ1) is 25.6. The number of fused-ring (bicyclic) bond motifs is 1. The molecule has 7 heteroatoms. The third-order valence-corrected chi connectivity index (χ3v) is 8.01. The number of carbonyl (C=O) groups is 2. The highest BCUT2D eigenvalue weighted by molar-refractivity contribution is 7.16. The van der Waals surface area contributed by atoms with Crippen molar-refractivity contribution in [2.75, 3.05) is 16.8 Å². The molecule has 0 radical (unpaired) electrons. The normalized spacial score (nSPS) is 12.4. The van der Waals surface area contributed by atoms with E-state index in [4.69, 9.17) is 4.98 Å². The zero-order chi connectivity index (χ0) is 27.6. The highest BCUT2D eigenvalue weighted by Gasteiger charge is 2.27. The lowest BCUT2D eigenvalue weighted by atomic mass is 9.90. The molecule has 0 atom stereocenters. The van der Waals surface area contributed by atoms with E-state index in [1.165, 1.54) is 23.5 Å². The van der Waals surface area contributed by atoms with Gasteiger partial charge in [0.1, 0.15) is 5.82 Å². The Morgan fingerprint density at radius 1 is 0.900 bits per heavy atom. The van der Waals surface area contributed by atoms with Crippen molar-refractivity contribution in [1.29, 1.82) is 0 Å². The summed E-state index contributed by atoms with van der Waals surface area (Å²) in [5.74, 6) is -1.25. The van der Waals surface area contributed by atoms with Crippen LogP contribution in [0.1, 0.15) is 37.8 Å². The number of anilines is 2. The molecule has 5 aromatic rings. The van der Waals surface area contributed by atoms with Crippen LogP contribution in [0.15, 0.2) is 103 Å². The van der Waals surface area contributed by atoms with Gasteiger partial charge in [-0.1, -0.05) is 72.8 Å². The van der Waals surface area contributed by atoms with Gasteiger partial charge in [-0.15, -0.1) is 11.3 Å². The Bertz CT molecular complexity index is 1660. The van der Waals surface area contributed by atoms with Gasteiger partial charge in [-0.05, 0) is 60.4 Å². The van der Waals surface area contributed by atoms with E-state index in [0.717, 1.165) is 38.5 Å². The lowest BCUT2D eigenvalue weighted by Gasteiger charge is -2.17. The number of rotatable bonds is 6. The van der Waals surface area contributed by atoms with Gasteiger partial charge in [0.25, 0.3) is 5.91 Å². The zero-order valence-electron chi connectivity index (χ0n) is 21.8. The van der Waals surface area contributed by atoms with Gasteiger partial charge in [-0.2, -0.15) is 0 Å². The topological polar surface area (TPSA) is 62.3 Å². The summed E-state index contributed by atoms with van der Waals surface area (Å²) in [6.45, 7) is 2.52. The van der Waals surface area contributed by atoms with Gasteiger partial charge in [-0.3, -0.25) is 9.59 Å². The van der Waals surface area contributed by atoms with Gasteiger partial charge in [0, 0.05) is 28.2 Å². The predicted molar refractivity (Wildman–Crippen MR) is 157 cm³/mol. The minimum absolute atomic E-state index is 0.141. The monoisotopic (exact) mass is 547 g/mol. The van der Waals surface area contributed by atoms with Gasteiger partial charge < -0.3 is 10.2 Å². The minimum atomic E-state index is -0.461.